The highest BCUT2D eigenvalue weighted by Gasteiger charge is 2.62. The summed E-state index contributed by atoms with van der Waals surface area (Å²) in [6.07, 6.45) is 1.50. The van der Waals surface area contributed by atoms with Gasteiger partial charge in [0, 0.05) is 82.3 Å². The number of anilines is 3. The number of benzene rings is 4. The van der Waals surface area contributed by atoms with Crippen LogP contribution in [0.5, 0.6) is 5.88 Å². The number of imidazole rings is 1. The molecule has 2 amide bonds. The third-order valence-corrected chi connectivity index (χ3v) is 13.2. The molecule has 304 valence electrons. The third kappa shape index (κ3) is 6.21. The number of amides is 2. The summed E-state index contributed by atoms with van der Waals surface area (Å²) in [4.78, 5) is 48.1. The first-order valence-electron chi connectivity index (χ1n) is 19.0. The Balaban J connectivity index is 1.17. The van der Waals surface area contributed by atoms with Crippen LogP contribution in [0.4, 0.5) is 17.3 Å². The second-order valence-electron chi connectivity index (χ2n) is 16.0. The summed E-state index contributed by atoms with van der Waals surface area (Å²) in [6, 6.07) is 24.3. The van der Waals surface area contributed by atoms with Crippen molar-refractivity contribution in [3.63, 3.8) is 0 Å². The average molecular weight is 815 g/mol. The number of carbonyl (C=O) groups excluding carboxylic acids is 2. The molecule has 1 aliphatic heterocycles. The number of fused-ring (bicyclic) bond motifs is 7. The van der Waals surface area contributed by atoms with Crippen LogP contribution in [0.3, 0.4) is 0 Å². The number of nitrogens with zero attached hydrogens (tertiary/aromatic N) is 7. The highest BCUT2D eigenvalue weighted by Crippen LogP contribution is 2.59. The first kappa shape index (κ1) is 39.3. The second kappa shape index (κ2) is 14.1. The average Bonchev–Trinajstić information content (AvgIpc) is 3.78. The van der Waals surface area contributed by atoms with Crippen LogP contribution in [-0.2, 0) is 34.3 Å². The Bertz CT molecular complexity index is 2720. The lowest BCUT2D eigenvalue weighted by atomic mass is 9.60. The van der Waals surface area contributed by atoms with E-state index in [4.69, 9.17) is 10.5 Å². The predicted octanol–water partition coefficient (Wildman–Crippen LogP) is 4.77. The van der Waals surface area contributed by atoms with Crippen LogP contribution in [0.25, 0.3) is 11.2 Å². The zero-order valence-electron chi connectivity index (χ0n) is 34.2. The molecule has 0 saturated heterocycles. The molecule has 0 saturated carbocycles. The lowest BCUT2D eigenvalue weighted by Crippen LogP contribution is -2.55. The van der Waals surface area contributed by atoms with Crippen molar-refractivity contribution in [3.8, 4) is 5.88 Å². The van der Waals surface area contributed by atoms with Gasteiger partial charge in [-0.1, -0.05) is 50.2 Å². The van der Waals surface area contributed by atoms with E-state index in [2.05, 4.69) is 51.2 Å². The van der Waals surface area contributed by atoms with Gasteiger partial charge >= 0.3 is 10.2 Å². The standard InChI is InChI=1S/C43H46N10O5S/c1-42(2)34-20-28(50(3)4)14-17-31(34)43(32-18-15-29(51(5)6)21-35(32)42)33-19-27(13-16-30(33)40(55)53(43)59(56,57)52(7)8)38(54)45-22-25-9-11-26(12-10-25)23-58-39-36-37(47-24-46-36)48-41(44)49-39/h9-21,24H,22-23H2,1-8H3,(H,45,54)(H3,44,46,47,48,49). The number of aromatic amines is 1. The quantitative estimate of drug-likeness (QED) is 0.173. The van der Waals surface area contributed by atoms with Crippen LogP contribution in [0.1, 0.15) is 73.5 Å². The fraction of sp³-hybridized carbons (Fsp3) is 0.279. The largest absolute Gasteiger partial charge is 0.471 e. The minimum Gasteiger partial charge on any atom is -0.471 e. The summed E-state index contributed by atoms with van der Waals surface area (Å²) in [5.74, 6) is -0.723. The molecule has 2 aromatic heterocycles. The summed E-state index contributed by atoms with van der Waals surface area (Å²) in [6.45, 7) is 4.65. The van der Waals surface area contributed by atoms with E-state index in [0.717, 1.165) is 42.2 Å². The lowest BCUT2D eigenvalue weighted by molar-refractivity contribution is 0.0818. The topological polar surface area (TPSA) is 183 Å². The lowest BCUT2D eigenvalue weighted by Gasteiger charge is -2.49. The Morgan fingerprint density at radius 3 is 2.02 bits per heavy atom. The van der Waals surface area contributed by atoms with Crippen LogP contribution in [-0.4, -0.2) is 91.1 Å². The van der Waals surface area contributed by atoms with Gasteiger partial charge in [-0.05, 0) is 75.8 Å². The van der Waals surface area contributed by atoms with Crippen LogP contribution in [0, 0.1) is 0 Å². The van der Waals surface area contributed by atoms with Gasteiger partial charge in [0.25, 0.3) is 11.8 Å². The molecule has 1 aliphatic carbocycles. The maximum Gasteiger partial charge on any atom is 0.307 e. The van der Waals surface area contributed by atoms with Gasteiger partial charge in [-0.25, -0.2) is 9.29 Å². The smallest absolute Gasteiger partial charge is 0.307 e. The molecule has 2 aliphatic rings. The summed E-state index contributed by atoms with van der Waals surface area (Å²) >= 11 is 0. The molecular formula is C43H46N10O5S. The molecular weight excluding hydrogens is 769 g/mol. The molecule has 0 bridgehead atoms. The molecule has 16 heteroatoms. The van der Waals surface area contributed by atoms with Gasteiger partial charge in [0.1, 0.15) is 12.1 Å². The molecule has 8 rings (SSSR count). The Labute approximate surface area is 343 Å². The highest BCUT2D eigenvalue weighted by atomic mass is 32.2. The van der Waals surface area contributed by atoms with Crippen molar-refractivity contribution in [3.05, 3.63) is 135 Å². The number of rotatable bonds is 10. The Morgan fingerprint density at radius 2 is 1.42 bits per heavy atom. The molecule has 0 unspecified atom stereocenters. The molecule has 0 atom stereocenters. The first-order chi connectivity index (χ1) is 28.0. The number of carbonyl (C=O) groups is 2. The van der Waals surface area contributed by atoms with E-state index in [1.807, 2.05) is 86.5 Å². The zero-order chi connectivity index (χ0) is 42.2. The number of aromatic nitrogens is 4. The van der Waals surface area contributed by atoms with Crippen molar-refractivity contribution in [2.45, 2.75) is 38.0 Å². The molecule has 0 fully saturated rings. The zero-order valence-corrected chi connectivity index (χ0v) is 35.0. The maximum atomic E-state index is 14.7. The normalized spacial score (nSPS) is 14.9. The van der Waals surface area contributed by atoms with Crippen molar-refractivity contribution in [2.24, 2.45) is 0 Å². The van der Waals surface area contributed by atoms with E-state index in [0.29, 0.717) is 27.9 Å². The third-order valence-electron chi connectivity index (χ3n) is 11.4. The number of H-pyrrole nitrogens is 1. The number of hydrogen-bond donors (Lipinski definition) is 3. The van der Waals surface area contributed by atoms with Crippen LogP contribution in [0.15, 0.2) is 85.2 Å². The van der Waals surface area contributed by atoms with Gasteiger partial charge in [-0.2, -0.15) is 22.7 Å². The van der Waals surface area contributed by atoms with E-state index in [1.54, 1.807) is 18.2 Å². The van der Waals surface area contributed by atoms with Crippen molar-refractivity contribution in [2.75, 3.05) is 57.8 Å². The molecule has 1 spiro atoms. The van der Waals surface area contributed by atoms with E-state index >= 15 is 0 Å². The first-order valence-corrected chi connectivity index (χ1v) is 20.4. The minimum atomic E-state index is -4.42. The summed E-state index contributed by atoms with van der Waals surface area (Å²) in [5, 5.41) is 3.01. The Hall–Kier alpha value is -6.52. The fourth-order valence-electron chi connectivity index (χ4n) is 8.18. The van der Waals surface area contributed by atoms with Crippen molar-refractivity contribution < 1.29 is 22.7 Å². The van der Waals surface area contributed by atoms with Gasteiger partial charge in [-0.3, -0.25) is 9.59 Å². The van der Waals surface area contributed by atoms with Crippen LogP contribution in [0.2, 0.25) is 0 Å². The summed E-state index contributed by atoms with van der Waals surface area (Å²) < 4.78 is 37.2. The molecule has 15 nitrogen and oxygen atoms in total. The van der Waals surface area contributed by atoms with Gasteiger partial charge in [-0.15, -0.1) is 0 Å². The second-order valence-corrected chi connectivity index (χ2v) is 18.0. The molecule has 6 aromatic rings. The molecule has 4 N–H and O–H groups in total. The van der Waals surface area contributed by atoms with Crippen molar-refractivity contribution >= 4 is 50.5 Å². The van der Waals surface area contributed by atoms with Gasteiger partial charge in [0.05, 0.1) is 6.33 Å². The predicted molar refractivity (Wildman–Crippen MR) is 227 cm³/mol. The van der Waals surface area contributed by atoms with Gasteiger partial charge in [0.15, 0.2) is 11.2 Å². The van der Waals surface area contributed by atoms with E-state index in [-0.39, 0.29) is 42.0 Å². The van der Waals surface area contributed by atoms with E-state index < -0.39 is 27.1 Å². The van der Waals surface area contributed by atoms with E-state index in [1.165, 1.54) is 20.4 Å². The maximum absolute atomic E-state index is 14.7. The number of hydrogen-bond acceptors (Lipinski definition) is 11. The van der Waals surface area contributed by atoms with Crippen molar-refractivity contribution in [1.82, 2.24) is 33.9 Å². The van der Waals surface area contributed by atoms with Gasteiger partial charge < -0.3 is 30.6 Å². The van der Waals surface area contributed by atoms with Crippen LogP contribution >= 0.6 is 0 Å². The highest BCUT2D eigenvalue weighted by molar-refractivity contribution is 7.87. The molecule has 59 heavy (non-hydrogen) atoms. The Kier molecular flexibility index (Phi) is 9.39. The number of nitrogens with one attached hydrogen (secondary N) is 2. The summed E-state index contributed by atoms with van der Waals surface area (Å²) in [7, 11) is 6.23. The van der Waals surface area contributed by atoms with Crippen molar-refractivity contribution in [1.29, 1.82) is 0 Å². The van der Waals surface area contributed by atoms with E-state index in [9.17, 15) is 18.0 Å². The minimum absolute atomic E-state index is 0.0680. The van der Waals surface area contributed by atoms with Gasteiger partial charge in [0.2, 0.25) is 11.8 Å². The molecule has 4 aromatic carbocycles. The number of nitrogen functional groups attached to an aromatic ring is 1. The monoisotopic (exact) mass is 814 g/mol. The number of nitrogens with two attached hydrogens (primary N) is 1. The fourth-order valence-corrected chi connectivity index (χ4v) is 9.46. The van der Waals surface area contributed by atoms with Crippen LogP contribution < -0.4 is 25.6 Å². The summed E-state index contributed by atoms with van der Waals surface area (Å²) in [5.41, 5.74) is 12.0. The number of ether oxygens (including phenoxy) is 1. The molecule has 3 heterocycles. The Morgan fingerprint density at radius 1 is 0.814 bits per heavy atom. The SMILES string of the molecule is CN(C)c1ccc2c(c1)C(C)(C)c1cc(N(C)C)ccc1C21c2cc(C(=O)NCc3ccc(COc4nc(N)nc5[nH]cnc45)cc3)ccc2C(=O)N1S(=O)(=O)N(C)C. The molecule has 0 radical (unpaired) electrons.